The minimum Gasteiger partial charge on any atom is -0.322 e. The van der Waals surface area contributed by atoms with Crippen LogP contribution in [0.15, 0.2) is 71.7 Å². The van der Waals surface area contributed by atoms with Crippen molar-refractivity contribution in [3.63, 3.8) is 0 Å². The maximum atomic E-state index is 13.2. The molecule has 0 saturated carbocycles. The Labute approximate surface area is 144 Å². The van der Waals surface area contributed by atoms with Crippen LogP contribution in [-0.2, 0) is 6.54 Å². The Morgan fingerprint density at radius 1 is 1.08 bits per heavy atom. The zero-order valence-corrected chi connectivity index (χ0v) is 13.7. The molecule has 1 aromatic heterocycles. The third-order valence-corrected chi connectivity index (χ3v) is 3.78. The molecule has 1 N–H and O–H groups in total. The number of hydrogen-bond acceptors (Lipinski definition) is 2. The second-order valence-electron chi connectivity index (χ2n) is 5.81. The highest BCUT2D eigenvalue weighted by Gasteiger charge is 2.13. The number of carbonyl (C=O) groups excluding carboxylic acids is 1. The Kier molecular flexibility index (Phi) is 4.75. The number of carbonyl (C=O) groups is 1. The molecular weight excluding hydrogens is 319 g/mol. The van der Waals surface area contributed by atoms with Crippen LogP contribution in [0, 0.1) is 12.7 Å². The Morgan fingerprint density at radius 3 is 2.64 bits per heavy atom. The molecule has 3 rings (SSSR count). The van der Waals surface area contributed by atoms with Crippen LogP contribution in [0.1, 0.15) is 21.5 Å². The van der Waals surface area contributed by atoms with Gasteiger partial charge in [-0.2, -0.15) is 0 Å². The van der Waals surface area contributed by atoms with Crippen molar-refractivity contribution < 1.29 is 9.18 Å². The van der Waals surface area contributed by atoms with Crippen molar-refractivity contribution in [3.05, 3.63) is 99.7 Å². The fourth-order valence-corrected chi connectivity index (χ4v) is 2.61. The summed E-state index contributed by atoms with van der Waals surface area (Å²) in [7, 11) is 0. The normalized spacial score (nSPS) is 10.5. The van der Waals surface area contributed by atoms with Crippen molar-refractivity contribution >= 4 is 11.6 Å². The van der Waals surface area contributed by atoms with Crippen LogP contribution in [0.3, 0.4) is 0 Å². The predicted octanol–water partition coefficient (Wildman–Crippen LogP) is 3.60. The maximum absolute atomic E-state index is 13.2. The van der Waals surface area contributed by atoms with E-state index in [1.165, 1.54) is 28.8 Å². The number of aromatic nitrogens is 1. The van der Waals surface area contributed by atoms with E-state index in [2.05, 4.69) is 5.32 Å². The van der Waals surface area contributed by atoms with E-state index in [1.54, 1.807) is 18.3 Å². The lowest BCUT2D eigenvalue weighted by Crippen LogP contribution is -2.29. The van der Waals surface area contributed by atoms with Gasteiger partial charge in [-0.1, -0.05) is 35.9 Å². The van der Waals surface area contributed by atoms with E-state index in [-0.39, 0.29) is 5.56 Å². The minimum atomic E-state index is -0.561. The van der Waals surface area contributed by atoms with E-state index < -0.39 is 17.3 Å². The van der Waals surface area contributed by atoms with E-state index in [4.69, 9.17) is 0 Å². The summed E-state index contributed by atoms with van der Waals surface area (Å²) in [6.07, 6.45) is 1.64. The van der Waals surface area contributed by atoms with Gasteiger partial charge < -0.3 is 9.88 Å². The van der Waals surface area contributed by atoms with Crippen LogP contribution in [0.4, 0.5) is 10.1 Å². The summed E-state index contributed by atoms with van der Waals surface area (Å²) in [5.74, 6) is -1.02. The van der Waals surface area contributed by atoms with Crippen molar-refractivity contribution in [2.24, 2.45) is 0 Å². The van der Waals surface area contributed by atoms with E-state index in [0.717, 1.165) is 11.1 Å². The zero-order chi connectivity index (χ0) is 17.8. The lowest BCUT2D eigenvalue weighted by atomic mass is 10.1. The molecular formula is C20H17FN2O2. The van der Waals surface area contributed by atoms with Gasteiger partial charge in [-0.3, -0.25) is 9.59 Å². The predicted molar refractivity (Wildman–Crippen MR) is 95.3 cm³/mol. The Morgan fingerprint density at radius 2 is 1.88 bits per heavy atom. The number of rotatable bonds is 4. The lowest BCUT2D eigenvalue weighted by Gasteiger charge is -2.09. The van der Waals surface area contributed by atoms with Gasteiger partial charge in [-0.15, -0.1) is 0 Å². The van der Waals surface area contributed by atoms with Crippen molar-refractivity contribution in [3.8, 4) is 0 Å². The molecule has 1 amide bonds. The SMILES string of the molecule is Cc1cccc(Cn2cccc(C(=O)Nc3cccc(F)c3)c2=O)c1. The standard InChI is InChI=1S/C20H17FN2O2/c1-14-5-2-6-15(11-14)13-23-10-4-9-18(20(23)25)19(24)22-17-8-3-7-16(21)12-17/h2-12H,13H2,1H3,(H,22,24). The fourth-order valence-electron chi connectivity index (χ4n) is 2.61. The second kappa shape index (κ2) is 7.13. The van der Waals surface area contributed by atoms with Gasteiger partial charge in [0.15, 0.2) is 0 Å². The number of halogens is 1. The Bertz CT molecular complexity index is 979. The van der Waals surface area contributed by atoms with Gasteiger partial charge >= 0.3 is 0 Å². The second-order valence-corrected chi connectivity index (χ2v) is 5.81. The van der Waals surface area contributed by atoms with Gasteiger partial charge in [0, 0.05) is 11.9 Å². The number of pyridine rings is 1. The van der Waals surface area contributed by atoms with Gasteiger partial charge in [-0.05, 0) is 42.8 Å². The first-order valence-electron chi connectivity index (χ1n) is 7.85. The van der Waals surface area contributed by atoms with Crippen molar-refractivity contribution in [1.82, 2.24) is 4.57 Å². The first-order chi connectivity index (χ1) is 12.0. The molecule has 0 bridgehead atoms. The van der Waals surface area contributed by atoms with Crippen molar-refractivity contribution in [2.45, 2.75) is 13.5 Å². The number of nitrogens with one attached hydrogen (secondary N) is 1. The maximum Gasteiger partial charge on any atom is 0.263 e. The summed E-state index contributed by atoms with van der Waals surface area (Å²) < 4.78 is 14.7. The summed E-state index contributed by atoms with van der Waals surface area (Å²) in [6.45, 7) is 2.36. The summed E-state index contributed by atoms with van der Waals surface area (Å²) in [5.41, 5.74) is 2.01. The molecule has 5 heteroatoms. The molecule has 0 spiro atoms. The van der Waals surface area contributed by atoms with E-state index >= 15 is 0 Å². The minimum absolute atomic E-state index is 0.0133. The molecule has 0 saturated heterocycles. The molecule has 2 aromatic carbocycles. The van der Waals surface area contributed by atoms with Crippen LogP contribution < -0.4 is 10.9 Å². The third kappa shape index (κ3) is 4.01. The van der Waals surface area contributed by atoms with Gasteiger partial charge in [0.1, 0.15) is 11.4 Å². The van der Waals surface area contributed by atoms with Crippen LogP contribution >= 0.6 is 0 Å². The average molecular weight is 336 g/mol. The van der Waals surface area contributed by atoms with Gasteiger partial charge in [-0.25, -0.2) is 4.39 Å². The number of anilines is 1. The Hall–Kier alpha value is -3.21. The molecule has 0 atom stereocenters. The van der Waals surface area contributed by atoms with Gasteiger partial charge in [0.2, 0.25) is 0 Å². The molecule has 0 aliphatic carbocycles. The quantitative estimate of drug-likeness (QED) is 0.791. The molecule has 126 valence electrons. The van der Waals surface area contributed by atoms with Crippen molar-refractivity contribution in [1.29, 1.82) is 0 Å². The summed E-state index contributed by atoms with van der Waals surface area (Å²) >= 11 is 0. The molecule has 3 aromatic rings. The lowest BCUT2D eigenvalue weighted by molar-refractivity contribution is 0.102. The van der Waals surface area contributed by atoms with Gasteiger partial charge in [0.05, 0.1) is 6.54 Å². The van der Waals surface area contributed by atoms with Crippen LogP contribution in [-0.4, -0.2) is 10.5 Å². The number of hydrogen-bond donors (Lipinski definition) is 1. The molecule has 0 aliphatic heterocycles. The summed E-state index contributed by atoms with van der Waals surface area (Å²) in [6, 6.07) is 16.5. The smallest absolute Gasteiger partial charge is 0.263 e. The molecule has 0 radical (unpaired) electrons. The highest BCUT2D eigenvalue weighted by atomic mass is 19.1. The van der Waals surface area contributed by atoms with Gasteiger partial charge in [0.25, 0.3) is 11.5 Å². The summed E-state index contributed by atoms with van der Waals surface area (Å²) in [4.78, 5) is 24.9. The molecule has 0 unspecified atom stereocenters. The van der Waals surface area contributed by atoms with Crippen LogP contribution in [0.25, 0.3) is 0 Å². The molecule has 4 nitrogen and oxygen atoms in total. The van der Waals surface area contributed by atoms with E-state index in [0.29, 0.717) is 12.2 Å². The highest BCUT2D eigenvalue weighted by Crippen LogP contribution is 2.10. The molecule has 0 fully saturated rings. The van der Waals surface area contributed by atoms with Crippen LogP contribution in [0.2, 0.25) is 0 Å². The largest absolute Gasteiger partial charge is 0.322 e. The molecule has 1 heterocycles. The zero-order valence-electron chi connectivity index (χ0n) is 13.7. The fraction of sp³-hybridized carbons (Fsp3) is 0.100. The number of aryl methyl sites for hydroxylation is 1. The first-order valence-corrected chi connectivity index (χ1v) is 7.85. The molecule has 25 heavy (non-hydrogen) atoms. The first kappa shape index (κ1) is 16.6. The van der Waals surface area contributed by atoms with E-state index in [1.807, 2.05) is 31.2 Å². The topological polar surface area (TPSA) is 51.1 Å². The number of amides is 1. The van der Waals surface area contributed by atoms with E-state index in [9.17, 15) is 14.0 Å². The number of nitrogens with zero attached hydrogens (tertiary/aromatic N) is 1. The Balaban J connectivity index is 1.85. The van der Waals surface area contributed by atoms with Crippen molar-refractivity contribution in [2.75, 3.05) is 5.32 Å². The highest BCUT2D eigenvalue weighted by molar-refractivity contribution is 6.03. The average Bonchev–Trinajstić information content (AvgIpc) is 2.57. The summed E-state index contributed by atoms with van der Waals surface area (Å²) in [5, 5.41) is 2.55. The van der Waals surface area contributed by atoms with Crippen LogP contribution in [0.5, 0.6) is 0 Å². The molecule has 0 aliphatic rings. The third-order valence-electron chi connectivity index (χ3n) is 3.78. The number of benzene rings is 2. The monoisotopic (exact) mass is 336 g/mol.